The molecule has 0 radical (unpaired) electrons. The Bertz CT molecular complexity index is 395. The Kier molecular flexibility index (Phi) is 6.76. The summed E-state index contributed by atoms with van der Waals surface area (Å²) in [5.41, 5.74) is 2.79. The minimum atomic E-state index is -0.138. The van der Waals surface area contributed by atoms with Crippen LogP contribution in [0, 0.1) is 5.92 Å². The molecule has 21 heavy (non-hydrogen) atoms. The van der Waals surface area contributed by atoms with Crippen molar-refractivity contribution in [2.24, 2.45) is 5.92 Å². The van der Waals surface area contributed by atoms with E-state index in [4.69, 9.17) is 0 Å². The molecule has 2 rings (SSSR count). The van der Waals surface area contributed by atoms with Crippen molar-refractivity contribution >= 4 is 0 Å². The monoisotopic (exact) mass is 288 g/mol. The topological polar surface area (TPSA) is 20.2 Å². The van der Waals surface area contributed by atoms with Crippen molar-refractivity contribution in [3.05, 3.63) is 35.4 Å². The second-order valence-corrected chi connectivity index (χ2v) is 6.84. The van der Waals surface area contributed by atoms with Gasteiger partial charge in [0, 0.05) is 5.92 Å². The lowest BCUT2D eigenvalue weighted by atomic mass is 9.75. The molecular weight excluding hydrogens is 256 g/mol. The fraction of sp³-hybridized carbons (Fsp3) is 0.700. The van der Waals surface area contributed by atoms with Gasteiger partial charge < -0.3 is 5.11 Å². The molecule has 118 valence electrons. The van der Waals surface area contributed by atoms with Gasteiger partial charge in [0.25, 0.3) is 0 Å². The summed E-state index contributed by atoms with van der Waals surface area (Å²) in [4.78, 5) is 0. The van der Waals surface area contributed by atoms with Gasteiger partial charge >= 0.3 is 0 Å². The minimum Gasteiger partial charge on any atom is -0.392 e. The first-order valence-electron chi connectivity index (χ1n) is 9.01. The van der Waals surface area contributed by atoms with Crippen molar-refractivity contribution < 1.29 is 5.11 Å². The summed E-state index contributed by atoms with van der Waals surface area (Å²) < 4.78 is 0. The number of unbranched alkanes of at least 4 members (excludes halogenated alkanes) is 2. The molecule has 1 fully saturated rings. The number of rotatable bonds is 7. The van der Waals surface area contributed by atoms with Crippen molar-refractivity contribution in [1.29, 1.82) is 0 Å². The van der Waals surface area contributed by atoms with Gasteiger partial charge in [0.15, 0.2) is 0 Å². The quantitative estimate of drug-likeness (QED) is 0.660. The molecule has 0 saturated heterocycles. The van der Waals surface area contributed by atoms with E-state index in [1.807, 2.05) is 0 Å². The minimum absolute atomic E-state index is 0.138. The van der Waals surface area contributed by atoms with Crippen LogP contribution in [-0.4, -0.2) is 11.2 Å². The third-order valence-electron chi connectivity index (χ3n) is 5.10. The first-order chi connectivity index (χ1) is 10.2. The maximum atomic E-state index is 10.5. The molecule has 1 saturated carbocycles. The highest BCUT2D eigenvalue weighted by Gasteiger charge is 2.29. The third kappa shape index (κ3) is 4.85. The standard InChI is InChI=1S/C20H32O/c1-3-5-6-8-16-9-12-18(13-10-16)19-14-11-17(7-4-2)15-20(19)21/h9-10,12-13,17,19-21H,3-8,11,14-15H2,1-2H3/t17?,19-,20+/m0/s1. The van der Waals surface area contributed by atoms with Crippen LogP contribution in [0.3, 0.4) is 0 Å². The number of aliphatic hydroxyl groups is 1. The van der Waals surface area contributed by atoms with E-state index < -0.39 is 0 Å². The summed E-state index contributed by atoms with van der Waals surface area (Å²) in [5.74, 6) is 1.11. The van der Waals surface area contributed by atoms with Crippen LogP contribution in [0.25, 0.3) is 0 Å². The van der Waals surface area contributed by atoms with Crippen LogP contribution in [-0.2, 0) is 6.42 Å². The normalized spacial score (nSPS) is 26.0. The molecule has 0 heterocycles. The van der Waals surface area contributed by atoms with Crippen molar-refractivity contribution in [3.63, 3.8) is 0 Å². The van der Waals surface area contributed by atoms with E-state index in [0.29, 0.717) is 5.92 Å². The number of benzene rings is 1. The highest BCUT2D eigenvalue weighted by atomic mass is 16.3. The summed E-state index contributed by atoms with van der Waals surface area (Å²) in [6.45, 7) is 4.50. The van der Waals surface area contributed by atoms with Gasteiger partial charge in [-0.25, -0.2) is 0 Å². The number of aryl methyl sites for hydroxylation is 1. The maximum Gasteiger partial charge on any atom is 0.0611 e. The number of hydrogen-bond donors (Lipinski definition) is 1. The lowest BCUT2D eigenvalue weighted by Crippen LogP contribution is -2.27. The van der Waals surface area contributed by atoms with Gasteiger partial charge in [0.1, 0.15) is 0 Å². The molecule has 1 aromatic rings. The molecule has 0 aromatic heterocycles. The van der Waals surface area contributed by atoms with Crippen molar-refractivity contribution in [2.45, 2.75) is 83.7 Å². The second-order valence-electron chi connectivity index (χ2n) is 6.84. The van der Waals surface area contributed by atoms with Gasteiger partial charge in [0.05, 0.1) is 6.10 Å². The highest BCUT2D eigenvalue weighted by molar-refractivity contribution is 5.26. The Morgan fingerprint density at radius 1 is 1.00 bits per heavy atom. The molecule has 0 spiro atoms. The Hall–Kier alpha value is -0.820. The second kappa shape index (κ2) is 8.58. The van der Waals surface area contributed by atoms with E-state index in [1.165, 1.54) is 56.1 Å². The average molecular weight is 288 g/mol. The largest absolute Gasteiger partial charge is 0.392 e. The van der Waals surface area contributed by atoms with Gasteiger partial charge in [0.2, 0.25) is 0 Å². The van der Waals surface area contributed by atoms with Gasteiger partial charge in [-0.15, -0.1) is 0 Å². The van der Waals surface area contributed by atoms with Gasteiger partial charge in [-0.1, -0.05) is 63.8 Å². The number of aliphatic hydroxyl groups excluding tert-OH is 1. The SMILES string of the molecule is CCCCCc1ccc([C@@H]2CCC(CCC)C[C@H]2O)cc1. The molecule has 1 N–H and O–H groups in total. The van der Waals surface area contributed by atoms with E-state index in [-0.39, 0.29) is 6.10 Å². The summed E-state index contributed by atoms with van der Waals surface area (Å²) in [6.07, 6.45) is 10.9. The predicted octanol–water partition coefficient (Wildman–Crippen LogP) is 5.46. The van der Waals surface area contributed by atoms with Gasteiger partial charge in [-0.05, 0) is 49.1 Å². The van der Waals surface area contributed by atoms with Crippen LogP contribution >= 0.6 is 0 Å². The molecular formula is C20H32O. The molecule has 1 unspecified atom stereocenters. The van der Waals surface area contributed by atoms with Crippen LogP contribution in [0.4, 0.5) is 0 Å². The van der Waals surface area contributed by atoms with Gasteiger partial charge in [-0.2, -0.15) is 0 Å². The summed E-state index contributed by atoms with van der Waals surface area (Å²) >= 11 is 0. The summed E-state index contributed by atoms with van der Waals surface area (Å²) in [6, 6.07) is 9.07. The van der Waals surface area contributed by atoms with E-state index in [1.54, 1.807) is 0 Å². The van der Waals surface area contributed by atoms with Crippen LogP contribution in [0.15, 0.2) is 24.3 Å². The highest BCUT2D eigenvalue weighted by Crippen LogP contribution is 2.37. The van der Waals surface area contributed by atoms with Crippen LogP contribution in [0.5, 0.6) is 0 Å². The number of hydrogen-bond acceptors (Lipinski definition) is 1. The fourth-order valence-corrected chi connectivity index (χ4v) is 3.80. The lowest BCUT2D eigenvalue weighted by Gasteiger charge is -2.33. The molecule has 3 atom stereocenters. The smallest absolute Gasteiger partial charge is 0.0611 e. The Labute approximate surface area is 130 Å². The van der Waals surface area contributed by atoms with Crippen molar-refractivity contribution in [1.82, 2.24) is 0 Å². The fourth-order valence-electron chi connectivity index (χ4n) is 3.80. The molecule has 1 heteroatoms. The zero-order chi connectivity index (χ0) is 15.1. The van der Waals surface area contributed by atoms with Crippen LogP contribution in [0.2, 0.25) is 0 Å². The summed E-state index contributed by atoms with van der Waals surface area (Å²) in [7, 11) is 0. The third-order valence-corrected chi connectivity index (χ3v) is 5.10. The van der Waals surface area contributed by atoms with E-state index in [9.17, 15) is 5.11 Å². The van der Waals surface area contributed by atoms with E-state index in [0.717, 1.165) is 18.8 Å². The zero-order valence-corrected chi connectivity index (χ0v) is 13.9. The molecule has 1 aromatic carbocycles. The van der Waals surface area contributed by atoms with Crippen LogP contribution in [0.1, 0.15) is 82.3 Å². The molecule has 1 aliphatic carbocycles. The average Bonchev–Trinajstić information content (AvgIpc) is 2.49. The lowest BCUT2D eigenvalue weighted by molar-refractivity contribution is 0.0758. The maximum absolute atomic E-state index is 10.5. The Morgan fingerprint density at radius 3 is 2.38 bits per heavy atom. The molecule has 0 bridgehead atoms. The molecule has 1 aliphatic rings. The predicted molar refractivity (Wildman–Crippen MR) is 90.7 cm³/mol. The first kappa shape index (κ1) is 16.5. The zero-order valence-electron chi connectivity index (χ0n) is 13.9. The van der Waals surface area contributed by atoms with Crippen molar-refractivity contribution in [3.8, 4) is 0 Å². The first-order valence-corrected chi connectivity index (χ1v) is 9.01. The molecule has 1 nitrogen and oxygen atoms in total. The van der Waals surface area contributed by atoms with Crippen LogP contribution < -0.4 is 0 Å². The van der Waals surface area contributed by atoms with E-state index >= 15 is 0 Å². The Morgan fingerprint density at radius 2 is 1.76 bits per heavy atom. The molecule has 0 amide bonds. The van der Waals surface area contributed by atoms with E-state index in [2.05, 4.69) is 38.1 Å². The molecule has 0 aliphatic heterocycles. The van der Waals surface area contributed by atoms with Gasteiger partial charge in [-0.3, -0.25) is 0 Å². The van der Waals surface area contributed by atoms with Crippen molar-refractivity contribution in [2.75, 3.05) is 0 Å². The Balaban J connectivity index is 1.90. The summed E-state index contributed by atoms with van der Waals surface area (Å²) in [5, 5.41) is 10.5.